The molecular formula is C13H16ClN3O3. The standard InChI is InChI=1S/C13H16ClN3O3/c1-7-9(4-5-20-7)13(18)16-11-6-8(14)2-3-10(11)12(15)17-19/h2-3,6-7,9,19H,4-5H2,1H3,(H2,15,17)(H,16,18). The summed E-state index contributed by atoms with van der Waals surface area (Å²) in [4.78, 5) is 12.2. The molecule has 2 rings (SSSR count). The lowest BCUT2D eigenvalue weighted by atomic mass is 10.0. The zero-order valence-corrected chi connectivity index (χ0v) is 11.7. The number of halogens is 1. The molecule has 1 aromatic rings. The van der Waals surface area contributed by atoms with Crippen LogP contribution >= 0.6 is 11.6 Å². The van der Waals surface area contributed by atoms with E-state index in [1.54, 1.807) is 18.2 Å². The fraction of sp³-hybridized carbons (Fsp3) is 0.385. The number of amidine groups is 1. The minimum Gasteiger partial charge on any atom is -0.409 e. The van der Waals surface area contributed by atoms with E-state index in [0.717, 1.165) is 0 Å². The summed E-state index contributed by atoms with van der Waals surface area (Å²) < 4.78 is 5.37. The van der Waals surface area contributed by atoms with E-state index in [4.69, 9.17) is 27.3 Å². The maximum absolute atomic E-state index is 12.2. The van der Waals surface area contributed by atoms with E-state index >= 15 is 0 Å². The number of anilines is 1. The van der Waals surface area contributed by atoms with Crippen molar-refractivity contribution in [1.82, 2.24) is 0 Å². The average molecular weight is 298 g/mol. The van der Waals surface area contributed by atoms with Gasteiger partial charge in [-0.15, -0.1) is 0 Å². The molecule has 0 bridgehead atoms. The lowest BCUT2D eigenvalue weighted by molar-refractivity contribution is -0.121. The summed E-state index contributed by atoms with van der Waals surface area (Å²) in [6, 6.07) is 4.75. The van der Waals surface area contributed by atoms with Gasteiger partial charge in [0.25, 0.3) is 0 Å². The molecule has 4 N–H and O–H groups in total. The van der Waals surface area contributed by atoms with E-state index in [1.165, 1.54) is 0 Å². The number of hydrogen-bond acceptors (Lipinski definition) is 4. The summed E-state index contributed by atoms with van der Waals surface area (Å²) in [6.45, 7) is 2.43. The smallest absolute Gasteiger partial charge is 0.230 e. The van der Waals surface area contributed by atoms with Crippen molar-refractivity contribution in [1.29, 1.82) is 0 Å². The van der Waals surface area contributed by atoms with Gasteiger partial charge in [0.05, 0.1) is 17.7 Å². The largest absolute Gasteiger partial charge is 0.409 e. The van der Waals surface area contributed by atoms with Crippen molar-refractivity contribution >= 4 is 29.0 Å². The Morgan fingerprint density at radius 1 is 1.60 bits per heavy atom. The first kappa shape index (κ1) is 14.6. The number of benzene rings is 1. The first-order valence-electron chi connectivity index (χ1n) is 6.23. The highest BCUT2D eigenvalue weighted by Gasteiger charge is 2.31. The van der Waals surface area contributed by atoms with Crippen molar-refractivity contribution in [3.8, 4) is 0 Å². The van der Waals surface area contributed by atoms with Crippen molar-refractivity contribution in [3.63, 3.8) is 0 Å². The van der Waals surface area contributed by atoms with E-state index in [-0.39, 0.29) is 23.8 Å². The van der Waals surface area contributed by atoms with Crippen molar-refractivity contribution in [3.05, 3.63) is 28.8 Å². The number of nitrogens with two attached hydrogens (primary N) is 1. The lowest BCUT2D eigenvalue weighted by Crippen LogP contribution is -2.29. The van der Waals surface area contributed by atoms with Gasteiger partial charge in [-0.3, -0.25) is 4.79 Å². The van der Waals surface area contributed by atoms with Crippen LogP contribution in [0.1, 0.15) is 18.9 Å². The Balaban J connectivity index is 2.24. The lowest BCUT2D eigenvalue weighted by Gasteiger charge is -2.16. The minimum atomic E-state index is -0.214. The van der Waals surface area contributed by atoms with E-state index in [2.05, 4.69) is 10.5 Å². The number of nitrogens with one attached hydrogen (secondary N) is 1. The number of oxime groups is 1. The fourth-order valence-corrected chi connectivity index (χ4v) is 2.37. The van der Waals surface area contributed by atoms with E-state index < -0.39 is 0 Å². The topological polar surface area (TPSA) is 96.9 Å². The molecule has 1 aromatic carbocycles. The Morgan fingerprint density at radius 3 is 2.95 bits per heavy atom. The highest BCUT2D eigenvalue weighted by atomic mass is 35.5. The third kappa shape index (κ3) is 3.02. The van der Waals surface area contributed by atoms with Crippen LogP contribution in [0.25, 0.3) is 0 Å². The summed E-state index contributed by atoms with van der Waals surface area (Å²) in [7, 11) is 0. The normalized spacial score (nSPS) is 22.8. The maximum Gasteiger partial charge on any atom is 0.230 e. The third-order valence-electron chi connectivity index (χ3n) is 3.34. The number of carbonyl (C=O) groups excluding carboxylic acids is 1. The number of ether oxygens (including phenoxy) is 1. The summed E-state index contributed by atoms with van der Waals surface area (Å²) in [5.41, 5.74) is 6.41. The number of hydrogen-bond donors (Lipinski definition) is 3. The molecule has 1 saturated heterocycles. The molecule has 20 heavy (non-hydrogen) atoms. The van der Waals surface area contributed by atoms with E-state index in [1.807, 2.05) is 6.92 Å². The van der Waals surface area contributed by atoms with Crippen LogP contribution in [0.2, 0.25) is 5.02 Å². The number of nitrogens with zero attached hydrogens (tertiary/aromatic N) is 1. The molecule has 6 nitrogen and oxygen atoms in total. The van der Waals surface area contributed by atoms with Gasteiger partial charge in [-0.25, -0.2) is 0 Å². The van der Waals surface area contributed by atoms with Gasteiger partial charge in [0.15, 0.2) is 5.84 Å². The first-order chi connectivity index (χ1) is 9.52. The molecule has 1 amide bonds. The van der Waals surface area contributed by atoms with Crippen LogP contribution in [0.4, 0.5) is 5.69 Å². The monoisotopic (exact) mass is 297 g/mol. The van der Waals surface area contributed by atoms with Crippen molar-refractivity contribution < 1.29 is 14.7 Å². The van der Waals surface area contributed by atoms with Gasteiger partial charge in [0.2, 0.25) is 5.91 Å². The molecule has 2 unspecified atom stereocenters. The molecule has 0 radical (unpaired) electrons. The molecule has 1 aliphatic heterocycles. The van der Waals surface area contributed by atoms with Gasteiger partial charge < -0.3 is 21.0 Å². The molecular weight excluding hydrogens is 282 g/mol. The summed E-state index contributed by atoms with van der Waals surface area (Å²) >= 11 is 5.92. The SMILES string of the molecule is CC1OCCC1C(=O)Nc1cc(Cl)ccc1C(N)=NO. The second-order valence-corrected chi connectivity index (χ2v) is 5.07. The van der Waals surface area contributed by atoms with Crippen LogP contribution in [0.3, 0.4) is 0 Å². The number of carbonyl (C=O) groups is 1. The molecule has 7 heteroatoms. The van der Waals surface area contributed by atoms with Crippen LogP contribution in [-0.4, -0.2) is 29.7 Å². The first-order valence-corrected chi connectivity index (χ1v) is 6.60. The second kappa shape index (κ2) is 6.11. The Morgan fingerprint density at radius 2 is 2.35 bits per heavy atom. The van der Waals surface area contributed by atoms with Gasteiger partial charge in [-0.2, -0.15) is 0 Å². The Bertz CT molecular complexity index is 548. The summed E-state index contributed by atoms with van der Waals surface area (Å²) in [5, 5.41) is 14.9. The summed E-state index contributed by atoms with van der Waals surface area (Å²) in [6.07, 6.45) is 0.549. The van der Waals surface area contributed by atoms with Crippen LogP contribution in [0, 0.1) is 5.92 Å². The molecule has 0 spiro atoms. The predicted octanol–water partition coefficient (Wildman–Crippen LogP) is 1.80. The average Bonchev–Trinajstić information content (AvgIpc) is 2.84. The molecule has 1 fully saturated rings. The Labute approximate surface area is 121 Å². The van der Waals surface area contributed by atoms with Crippen LogP contribution in [-0.2, 0) is 9.53 Å². The third-order valence-corrected chi connectivity index (χ3v) is 3.57. The van der Waals surface area contributed by atoms with Crippen molar-refractivity contribution in [2.75, 3.05) is 11.9 Å². The zero-order chi connectivity index (χ0) is 14.7. The highest BCUT2D eigenvalue weighted by molar-refractivity contribution is 6.31. The highest BCUT2D eigenvalue weighted by Crippen LogP contribution is 2.25. The van der Waals surface area contributed by atoms with Crippen LogP contribution in [0.5, 0.6) is 0 Å². The maximum atomic E-state index is 12.2. The molecule has 0 aromatic heterocycles. The van der Waals surface area contributed by atoms with Crippen molar-refractivity contribution in [2.45, 2.75) is 19.4 Å². The molecule has 1 heterocycles. The van der Waals surface area contributed by atoms with E-state index in [0.29, 0.717) is 29.3 Å². The van der Waals surface area contributed by atoms with Gasteiger partial charge in [0.1, 0.15) is 0 Å². The van der Waals surface area contributed by atoms with Gasteiger partial charge in [-0.1, -0.05) is 16.8 Å². The molecule has 1 aliphatic rings. The molecule has 108 valence electrons. The van der Waals surface area contributed by atoms with Crippen molar-refractivity contribution in [2.24, 2.45) is 16.8 Å². The van der Waals surface area contributed by atoms with Gasteiger partial charge >= 0.3 is 0 Å². The zero-order valence-electron chi connectivity index (χ0n) is 11.0. The Kier molecular flexibility index (Phi) is 4.46. The predicted molar refractivity (Wildman–Crippen MR) is 76.1 cm³/mol. The second-order valence-electron chi connectivity index (χ2n) is 4.64. The quantitative estimate of drug-likeness (QED) is 0.343. The fourth-order valence-electron chi connectivity index (χ4n) is 2.20. The summed E-state index contributed by atoms with van der Waals surface area (Å²) in [5.74, 6) is -0.467. The minimum absolute atomic E-state index is 0.0901. The van der Waals surface area contributed by atoms with Gasteiger partial charge in [-0.05, 0) is 31.5 Å². The molecule has 0 saturated carbocycles. The molecule has 2 atom stereocenters. The van der Waals surface area contributed by atoms with Crippen LogP contribution in [0.15, 0.2) is 23.4 Å². The Hall–Kier alpha value is -1.79. The number of rotatable bonds is 3. The number of amides is 1. The van der Waals surface area contributed by atoms with Crippen LogP contribution < -0.4 is 11.1 Å². The van der Waals surface area contributed by atoms with E-state index in [9.17, 15) is 4.79 Å². The van der Waals surface area contributed by atoms with Gasteiger partial charge in [0, 0.05) is 17.2 Å². The molecule has 0 aliphatic carbocycles.